The van der Waals surface area contributed by atoms with Crippen LogP contribution in [0.5, 0.6) is 0 Å². The van der Waals surface area contributed by atoms with Gasteiger partial charge in [0, 0.05) is 23.0 Å². The highest BCUT2D eigenvalue weighted by atomic mass is 35.5. The molecule has 0 aliphatic heterocycles. The summed E-state index contributed by atoms with van der Waals surface area (Å²) in [7, 11) is 0. The van der Waals surface area contributed by atoms with Crippen LogP contribution in [-0.4, -0.2) is 30.9 Å². The van der Waals surface area contributed by atoms with Gasteiger partial charge in [0.05, 0.1) is 12.8 Å². The first kappa shape index (κ1) is 22.3. The van der Waals surface area contributed by atoms with Crippen molar-refractivity contribution in [3.8, 4) is 0 Å². The predicted molar refractivity (Wildman–Crippen MR) is 111 cm³/mol. The lowest BCUT2D eigenvalue weighted by atomic mass is 9.68. The van der Waals surface area contributed by atoms with Crippen LogP contribution >= 0.6 is 24.0 Å². The van der Waals surface area contributed by atoms with E-state index in [-0.39, 0.29) is 42.1 Å². The van der Waals surface area contributed by atoms with Crippen molar-refractivity contribution in [2.24, 2.45) is 5.73 Å². The van der Waals surface area contributed by atoms with E-state index in [4.69, 9.17) is 21.8 Å². The summed E-state index contributed by atoms with van der Waals surface area (Å²) < 4.78 is 5.00. The summed E-state index contributed by atoms with van der Waals surface area (Å²) in [5.74, 6) is -0.417. The number of amides is 2. The number of carbonyl (C=O) groups excluding carboxylic acids is 2. The molecule has 3 rings (SSSR count). The maximum atomic E-state index is 12.1. The number of nitrogens with two attached hydrogens (primary N) is 1. The van der Waals surface area contributed by atoms with Crippen molar-refractivity contribution in [1.82, 2.24) is 10.6 Å². The Morgan fingerprint density at radius 2 is 1.96 bits per heavy atom. The average Bonchev–Trinajstić information content (AvgIpc) is 3.22. The number of nitrogens with one attached hydrogen (secondary N) is 2. The highest BCUT2D eigenvalue weighted by molar-refractivity contribution is 6.30. The van der Waals surface area contributed by atoms with Crippen LogP contribution < -0.4 is 16.4 Å². The molecule has 0 bridgehead atoms. The molecule has 1 saturated carbocycles. The van der Waals surface area contributed by atoms with Gasteiger partial charge in [-0.25, -0.2) is 0 Å². The summed E-state index contributed by atoms with van der Waals surface area (Å²) >= 11 is 6.14. The van der Waals surface area contributed by atoms with E-state index in [0.717, 1.165) is 31.2 Å². The third-order valence-corrected chi connectivity index (χ3v) is 5.53. The molecule has 0 saturated heterocycles. The number of benzene rings is 1. The van der Waals surface area contributed by atoms with Crippen LogP contribution in [-0.2, 0) is 10.2 Å². The van der Waals surface area contributed by atoms with E-state index in [1.165, 1.54) is 6.26 Å². The molecule has 0 spiro atoms. The van der Waals surface area contributed by atoms with Crippen molar-refractivity contribution in [2.45, 2.75) is 37.1 Å². The van der Waals surface area contributed by atoms with Gasteiger partial charge in [-0.2, -0.15) is 0 Å². The third-order valence-electron chi connectivity index (χ3n) is 5.29. The number of carbonyl (C=O) groups is 2. The largest absolute Gasteiger partial charge is 0.459 e. The monoisotopic (exact) mass is 425 g/mol. The summed E-state index contributed by atoms with van der Waals surface area (Å²) in [6.45, 7) is 0.472. The lowest BCUT2D eigenvalue weighted by Gasteiger charge is -2.40. The van der Waals surface area contributed by atoms with Gasteiger partial charge in [0.15, 0.2) is 5.76 Å². The Hall–Kier alpha value is -2.02. The summed E-state index contributed by atoms with van der Waals surface area (Å²) in [4.78, 5) is 23.9. The minimum absolute atomic E-state index is 0. The normalized spacial score (nSPS) is 21.4. The molecule has 1 aliphatic carbocycles. The molecular weight excluding hydrogens is 401 g/mol. The molecule has 28 heavy (non-hydrogen) atoms. The van der Waals surface area contributed by atoms with Gasteiger partial charge >= 0.3 is 0 Å². The molecule has 4 N–H and O–H groups in total. The highest BCUT2D eigenvalue weighted by Gasteiger charge is 2.36. The van der Waals surface area contributed by atoms with Gasteiger partial charge in [0.2, 0.25) is 5.91 Å². The first-order valence-electron chi connectivity index (χ1n) is 9.09. The van der Waals surface area contributed by atoms with Crippen molar-refractivity contribution < 1.29 is 14.0 Å². The Morgan fingerprint density at radius 3 is 2.57 bits per heavy atom. The van der Waals surface area contributed by atoms with Crippen molar-refractivity contribution in [1.29, 1.82) is 0 Å². The number of hydrogen-bond donors (Lipinski definition) is 3. The van der Waals surface area contributed by atoms with Crippen LogP contribution in [0, 0.1) is 0 Å². The van der Waals surface area contributed by atoms with Crippen LogP contribution in [0.4, 0.5) is 0 Å². The van der Waals surface area contributed by atoms with E-state index < -0.39 is 5.91 Å². The quantitative estimate of drug-likeness (QED) is 0.662. The first-order chi connectivity index (χ1) is 13.0. The van der Waals surface area contributed by atoms with Crippen molar-refractivity contribution in [2.75, 3.05) is 13.1 Å². The van der Waals surface area contributed by atoms with Gasteiger partial charge in [0.1, 0.15) is 0 Å². The summed E-state index contributed by atoms with van der Waals surface area (Å²) in [5.41, 5.74) is 7.17. The van der Waals surface area contributed by atoms with Crippen LogP contribution in [0.25, 0.3) is 0 Å². The Balaban J connectivity index is 0.00000280. The second-order valence-corrected chi connectivity index (χ2v) is 7.43. The Kier molecular flexibility index (Phi) is 7.92. The number of furan rings is 1. The summed E-state index contributed by atoms with van der Waals surface area (Å²) in [6.07, 6.45) is 4.85. The summed E-state index contributed by atoms with van der Waals surface area (Å²) in [6, 6.07) is 11.1. The number of rotatable bonds is 6. The van der Waals surface area contributed by atoms with E-state index in [1.54, 1.807) is 12.1 Å². The van der Waals surface area contributed by atoms with E-state index in [9.17, 15) is 9.59 Å². The van der Waals surface area contributed by atoms with Gasteiger partial charge in [-0.15, -0.1) is 12.4 Å². The maximum absolute atomic E-state index is 12.1. The fourth-order valence-electron chi connectivity index (χ4n) is 3.68. The minimum atomic E-state index is -0.401. The topological polar surface area (TPSA) is 97.4 Å². The molecule has 1 aliphatic rings. The van der Waals surface area contributed by atoms with E-state index in [1.807, 2.05) is 18.2 Å². The molecule has 1 aromatic carbocycles. The van der Waals surface area contributed by atoms with Crippen molar-refractivity contribution in [3.63, 3.8) is 0 Å². The van der Waals surface area contributed by atoms with Crippen LogP contribution in [0.2, 0.25) is 5.02 Å². The van der Waals surface area contributed by atoms with E-state index in [0.29, 0.717) is 11.6 Å². The Morgan fingerprint density at radius 1 is 1.21 bits per heavy atom. The fourth-order valence-corrected chi connectivity index (χ4v) is 3.87. The molecule has 1 fully saturated rings. The van der Waals surface area contributed by atoms with Crippen molar-refractivity contribution in [3.05, 3.63) is 59.0 Å². The molecule has 2 aromatic rings. The van der Waals surface area contributed by atoms with E-state index >= 15 is 0 Å². The summed E-state index contributed by atoms with van der Waals surface area (Å²) in [5, 5.41) is 6.26. The van der Waals surface area contributed by atoms with Gasteiger partial charge in [-0.3, -0.25) is 9.59 Å². The second kappa shape index (κ2) is 9.96. The van der Waals surface area contributed by atoms with Crippen LogP contribution in [0.15, 0.2) is 47.1 Å². The lowest BCUT2D eigenvalue weighted by Crippen LogP contribution is -2.47. The molecule has 2 amide bonds. The Bertz CT molecular complexity index is 788. The molecular formula is C20H25Cl2N3O3. The molecule has 6 nitrogen and oxygen atoms in total. The maximum Gasteiger partial charge on any atom is 0.287 e. The predicted octanol–water partition coefficient (Wildman–Crippen LogP) is 3.04. The van der Waals surface area contributed by atoms with Gasteiger partial charge in [-0.1, -0.05) is 23.7 Å². The van der Waals surface area contributed by atoms with Crippen molar-refractivity contribution >= 4 is 35.8 Å². The van der Waals surface area contributed by atoms with Gasteiger partial charge in [0.25, 0.3) is 5.91 Å². The molecule has 0 unspecified atom stereocenters. The molecule has 8 heteroatoms. The Labute approximate surface area is 175 Å². The standard InChI is InChI=1S/C20H24ClN3O3.ClH/c21-15-4-1-3-14(11-15)20(13-22)8-6-16(7-9-20)24-18(25)12-23-19(26)17-5-2-10-27-17;/h1-5,10-11,16H,6-9,12-13,22H2,(H,23,26)(H,24,25);1H/t16-,20-;. The van der Waals surface area contributed by atoms with Gasteiger partial charge < -0.3 is 20.8 Å². The second-order valence-electron chi connectivity index (χ2n) is 7.00. The smallest absolute Gasteiger partial charge is 0.287 e. The van der Waals surface area contributed by atoms with Gasteiger partial charge in [-0.05, 0) is 55.5 Å². The first-order valence-corrected chi connectivity index (χ1v) is 9.47. The molecule has 152 valence electrons. The van der Waals surface area contributed by atoms with Crippen LogP contribution in [0.3, 0.4) is 0 Å². The number of hydrogen-bond acceptors (Lipinski definition) is 4. The SMILES string of the molecule is Cl.NC[C@]1(c2cccc(Cl)c2)CC[C@H](NC(=O)CNC(=O)c2ccco2)CC1. The minimum Gasteiger partial charge on any atom is -0.459 e. The van der Waals surface area contributed by atoms with E-state index in [2.05, 4.69) is 16.7 Å². The average molecular weight is 426 g/mol. The highest BCUT2D eigenvalue weighted by Crippen LogP contribution is 2.39. The number of halogens is 2. The lowest BCUT2D eigenvalue weighted by molar-refractivity contribution is -0.121. The fraction of sp³-hybridized carbons (Fsp3) is 0.400. The molecule has 1 heterocycles. The molecule has 1 aromatic heterocycles. The molecule has 0 atom stereocenters. The zero-order chi connectivity index (χ0) is 19.3. The van der Waals surface area contributed by atoms with Crippen LogP contribution in [0.1, 0.15) is 41.8 Å². The zero-order valence-electron chi connectivity index (χ0n) is 15.4. The third kappa shape index (κ3) is 5.28. The zero-order valence-corrected chi connectivity index (χ0v) is 17.0. The molecule has 0 radical (unpaired) electrons.